The number of anilines is 1. The maximum atomic E-state index is 12.3. The summed E-state index contributed by atoms with van der Waals surface area (Å²) >= 11 is 0. The molecule has 0 bridgehead atoms. The Morgan fingerprint density at radius 1 is 1.21 bits per heavy atom. The third kappa shape index (κ3) is 3.40. The average molecular weight is 325 g/mol. The molecule has 0 amide bonds. The average Bonchev–Trinajstić information content (AvgIpc) is 2.62. The zero-order valence-electron chi connectivity index (χ0n) is 14.3. The molecule has 1 fully saturated rings. The zero-order chi connectivity index (χ0) is 16.9. The second kappa shape index (κ2) is 7.43. The molecule has 0 atom stereocenters. The number of benzene rings is 1. The summed E-state index contributed by atoms with van der Waals surface area (Å²) in [5.41, 5.74) is 2.56. The molecule has 126 valence electrons. The van der Waals surface area contributed by atoms with E-state index >= 15 is 0 Å². The van der Waals surface area contributed by atoms with Crippen LogP contribution in [0.2, 0.25) is 0 Å². The number of esters is 1. The summed E-state index contributed by atoms with van der Waals surface area (Å²) in [5, 5.41) is 0. The number of ether oxygens (including phenoxy) is 1. The van der Waals surface area contributed by atoms with Gasteiger partial charge in [0.25, 0.3) is 0 Å². The van der Waals surface area contributed by atoms with Gasteiger partial charge in [-0.3, -0.25) is 0 Å². The van der Waals surface area contributed by atoms with E-state index in [0.717, 1.165) is 37.1 Å². The summed E-state index contributed by atoms with van der Waals surface area (Å²) in [4.78, 5) is 23.6. The van der Waals surface area contributed by atoms with Crippen molar-refractivity contribution in [1.29, 1.82) is 0 Å². The second-order valence-electron chi connectivity index (χ2n) is 6.01. The Morgan fingerprint density at radius 2 is 1.96 bits per heavy atom. The molecule has 0 unspecified atom stereocenters. The van der Waals surface area contributed by atoms with E-state index in [1.165, 1.54) is 6.42 Å². The van der Waals surface area contributed by atoms with Crippen molar-refractivity contribution >= 4 is 11.8 Å². The quantitative estimate of drug-likeness (QED) is 0.804. The van der Waals surface area contributed by atoms with E-state index in [2.05, 4.69) is 9.88 Å². The highest BCUT2D eigenvalue weighted by Gasteiger charge is 2.22. The first-order chi connectivity index (χ1) is 11.7. The van der Waals surface area contributed by atoms with Crippen LogP contribution >= 0.6 is 0 Å². The van der Waals surface area contributed by atoms with Gasteiger partial charge in [-0.1, -0.05) is 24.3 Å². The smallest absolute Gasteiger partial charge is 0.343 e. The van der Waals surface area contributed by atoms with Gasteiger partial charge in [0.1, 0.15) is 11.4 Å². The Kier molecular flexibility index (Phi) is 5.08. The molecule has 24 heavy (non-hydrogen) atoms. The molecule has 2 aromatic rings. The largest absolute Gasteiger partial charge is 0.462 e. The van der Waals surface area contributed by atoms with E-state index in [1.807, 2.05) is 31.2 Å². The van der Waals surface area contributed by atoms with Crippen LogP contribution in [0.15, 0.2) is 30.5 Å². The molecule has 0 saturated carbocycles. The third-order valence-corrected chi connectivity index (χ3v) is 4.31. The second-order valence-corrected chi connectivity index (χ2v) is 6.01. The third-order valence-electron chi connectivity index (χ3n) is 4.31. The number of piperidine rings is 1. The topological polar surface area (TPSA) is 55.3 Å². The van der Waals surface area contributed by atoms with Crippen LogP contribution in [0.25, 0.3) is 11.4 Å². The fraction of sp³-hybridized carbons (Fsp3) is 0.421. The fourth-order valence-electron chi connectivity index (χ4n) is 3.03. The van der Waals surface area contributed by atoms with E-state index in [4.69, 9.17) is 9.72 Å². The number of rotatable bonds is 4. The number of aromatic nitrogens is 2. The highest BCUT2D eigenvalue weighted by Crippen LogP contribution is 2.27. The lowest BCUT2D eigenvalue weighted by Gasteiger charge is -2.29. The van der Waals surface area contributed by atoms with Gasteiger partial charge < -0.3 is 9.64 Å². The lowest BCUT2D eigenvalue weighted by molar-refractivity contribution is 0.0526. The lowest BCUT2D eigenvalue weighted by Crippen LogP contribution is -2.32. The first kappa shape index (κ1) is 16.4. The van der Waals surface area contributed by atoms with Crippen LogP contribution in [0.4, 0.5) is 5.82 Å². The summed E-state index contributed by atoms with van der Waals surface area (Å²) in [7, 11) is 0. The van der Waals surface area contributed by atoms with Crippen molar-refractivity contribution in [2.75, 3.05) is 24.6 Å². The van der Waals surface area contributed by atoms with Crippen LogP contribution in [-0.2, 0) is 4.74 Å². The lowest BCUT2D eigenvalue weighted by atomic mass is 10.1. The number of nitrogens with zero attached hydrogens (tertiary/aromatic N) is 3. The maximum Gasteiger partial charge on any atom is 0.343 e. The normalized spacial score (nSPS) is 14.5. The Balaban J connectivity index is 2.05. The van der Waals surface area contributed by atoms with Gasteiger partial charge in [-0.05, 0) is 38.7 Å². The van der Waals surface area contributed by atoms with E-state index in [1.54, 1.807) is 13.1 Å². The fourth-order valence-corrected chi connectivity index (χ4v) is 3.03. The number of hydrogen-bond donors (Lipinski definition) is 0. The van der Waals surface area contributed by atoms with Crippen molar-refractivity contribution in [3.05, 3.63) is 41.6 Å². The minimum atomic E-state index is -0.352. The van der Waals surface area contributed by atoms with E-state index < -0.39 is 0 Å². The van der Waals surface area contributed by atoms with Crippen molar-refractivity contribution in [2.24, 2.45) is 0 Å². The Morgan fingerprint density at radius 3 is 2.67 bits per heavy atom. The molecule has 1 aromatic heterocycles. The van der Waals surface area contributed by atoms with Crippen LogP contribution in [0.3, 0.4) is 0 Å². The zero-order valence-corrected chi connectivity index (χ0v) is 14.3. The molecule has 0 spiro atoms. The van der Waals surface area contributed by atoms with Gasteiger partial charge in [0.05, 0.1) is 6.61 Å². The number of hydrogen-bond acceptors (Lipinski definition) is 5. The Bertz CT molecular complexity index is 724. The van der Waals surface area contributed by atoms with Gasteiger partial charge in [-0.2, -0.15) is 0 Å². The van der Waals surface area contributed by atoms with Crippen molar-refractivity contribution < 1.29 is 9.53 Å². The summed E-state index contributed by atoms with van der Waals surface area (Å²) in [6.45, 7) is 6.02. The molecule has 5 heteroatoms. The molecule has 1 aliphatic heterocycles. The van der Waals surface area contributed by atoms with Crippen LogP contribution in [0.5, 0.6) is 0 Å². The van der Waals surface area contributed by atoms with Crippen molar-refractivity contribution in [3.63, 3.8) is 0 Å². The minimum Gasteiger partial charge on any atom is -0.462 e. The first-order valence-corrected chi connectivity index (χ1v) is 8.56. The molecule has 0 N–H and O–H groups in total. The molecular weight excluding hydrogens is 302 g/mol. The number of carbonyl (C=O) groups excluding carboxylic acids is 1. The molecule has 2 heterocycles. The molecule has 0 radical (unpaired) electrons. The predicted molar refractivity (Wildman–Crippen MR) is 94.2 cm³/mol. The predicted octanol–water partition coefficient (Wildman–Crippen LogP) is 3.62. The van der Waals surface area contributed by atoms with Crippen molar-refractivity contribution in [1.82, 2.24) is 9.97 Å². The summed E-state index contributed by atoms with van der Waals surface area (Å²) in [6, 6.07) is 8.02. The van der Waals surface area contributed by atoms with Crippen LogP contribution < -0.4 is 4.90 Å². The number of carbonyl (C=O) groups is 1. The Labute approximate surface area is 142 Å². The molecule has 1 aromatic carbocycles. The van der Waals surface area contributed by atoms with E-state index in [0.29, 0.717) is 23.8 Å². The molecule has 3 rings (SSSR count). The maximum absolute atomic E-state index is 12.3. The van der Waals surface area contributed by atoms with Gasteiger partial charge in [-0.25, -0.2) is 14.8 Å². The number of aryl methyl sites for hydroxylation is 1. The van der Waals surface area contributed by atoms with Crippen LogP contribution in [0, 0.1) is 6.92 Å². The summed E-state index contributed by atoms with van der Waals surface area (Å²) < 4.78 is 5.18. The van der Waals surface area contributed by atoms with E-state index in [9.17, 15) is 4.79 Å². The highest BCUT2D eigenvalue weighted by molar-refractivity contribution is 5.95. The van der Waals surface area contributed by atoms with Crippen LogP contribution in [0.1, 0.15) is 42.1 Å². The van der Waals surface area contributed by atoms with Crippen molar-refractivity contribution in [2.45, 2.75) is 33.1 Å². The molecule has 5 nitrogen and oxygen atoms in total. The standard InChI is InChI=1S/C19H23N3O2/c1-3-24-19(23)16-13-20-17(15-10-6-5-9-14(15)2)21-18(16)22-11-7-4-8-12-22/h5-6,9-10,13H,3-4,7-8,11-12H2,1-2H3. The molecule has 0 aliphatic carbocycles. The highest BCUT2D eigenvalue weighted by atomic mass is 16.5. The SMILES string of the molecule is CCOC(=O)c1cnc(-c2ccccc2C)nc1N1CCCCC1. The first-order valence-electron chi connectivity index (χ1n) is 8.56. The monoisotopic (exact) mass is 325 g/mol. The van der Waals surface area contributed by atoms with E-state index in [-0.39, 0.29) is 5.97 Å². The minimum absolute atomic E-state index is 0.345. The summed E-state index contributed by atoms with van der Waals surface area (Å²) in [6.07, 6.45) is 5.07. The van der Waals surface area contributed by atoms with Gasteiger partial charge in [-0.15, -0.1) is 0 Å². The molecule has 1 saturated heterocycles. The van der Waals surface area contributed by atoms with Gasteiger partial charge in [0.15, 0.2) is 5.82 Å². The van der Waals surface area contributed by atoms with Gasteiger partial charge in [0, 0.05) is 24.8 Å². The van der Waals surface area contributed by atoms with Crippen LogP contribution in [-0.4, -0.2) is 35.6 Å². The molecular formula is C19H23N3O2. The molecule has 1 aliphatic rings. The van der Waals surface area contributed by atoms with Crippen molar-refractivity contribution in [3.8, 4) is 11.4 Å². The summed E-state index contributed by atoms with van der Waals surface area (Å²) in [5.74, 6) is 0.998. The van der Waals surface area contributed by atoms with Gasteiger partial charge in [0.2, 0.25) is 0 Å². The Hall–Kier alpha value is -2.43. The van der Waals surface area contributed by atoms with Gasteiger partial charge >= 0.3 is 5.97 Å².